The highest BCUT2D eigenvalue weighted by molar-refractivity contribution is 9.10. The van der Waals surface area contributed by atoms with Gasteiger partial charge >= 0.3 is 0 Å². The summed E-state index contributed by atoms with van der Waals surface area (Å²) in [5, 5.41) is 0. The maximum Gasteiger partial charge on any atom is 0.233 e. The van der Waals surface area contributed by atoms with Crippen LogP contribution in [0.1, 0.15) is 19.8 Å². The van der Waals surface area contributed by atoms with Gasteiger partial charge in [0.05, 0.1) is 5.75 Å². The summed E-state index contributed by atoms with van der Waals surface area (Å²) in [5.41, 5.74) is 0. The van der Waals surface area contributed by atoms with Gasteiger partial charge in [-0.25, -0.2) is 0 Å². The molecular weight excluding hydrogens is 298 g/mol. The highest BCUT2D eigenvalue weighted by Crippen LogP contribution is 2.28. The predicted molar refractivity (Wildman–Crippen MR) is 75.3 cm³/mol. The zero-order valence-electron chi connectivity index (χ0n) is 9.86. The number of hydrogen-bond donors (Lipinski definition) is 0. The second kappa shape index (κ2) is 5.91. The number of nitrogens with zero attached hydrogens (tertiary/aromatic N) is 1. The lowest BCUT2D eigenvalue weighted by atomic mass is 10.4. The van der Waals surface area contributed by atoms with E-state index in [0.717, 1.165) is 15.9 Å². The van der Waals surface area contributed by atoms with Crippen molar-refractivity contribution in [2.75, 3.05) is 12.3 Å². The van der Waals surface area contributed by atoms with E-state index in [0.29, 0.717) is 11.8 Å². The van der Waals surface area contributed by atoms with Gasteiger partial charge in [-0.2, -0.15) is 0 Å². The van der Waals surface area contributed by atoms with Crippen molar-refractivity contribution in [3.63, 3.8) is 0 Å². The topological polar surface area (TPSA) is 20.3 Å². The van der Waals surface area contributed by atoms with E-state index in [1.54, 1.807) is 11.8 Å². The van der Waals surface area contributed by atoms with E-state index in [1.165, 1.54) is 12.8 Å². The molecule has 0 radical (unpaired) electrons. The minimum absolute atomic E-state index is 0.267. The van der Waals surface area contributed by atoms with Crippen LogP contribution in [0.15, 0.2) is 33.6 Å². The Labute approximate surface area is 115 Å². The summed E-state index contributed by atoms with van der Waals surface area (Å²) in [5.74, 6) is 0.814. The number of hydrogen-bond acceptors (Lipinski definition) is 2. The summed E-state index contributed by atoms with van der Waals surface area (Å²) in [4.78, 5) is 15.1. The molecule has 0 saturated heterocycles. The molecule has 17 heavy (non-hydrogen) atoms. The maximum atomic E-state index is 12.0. The number of thioether (sulfide) groups is 1. The van der Waals surface area contributed by atoms with Crippen LogP contribution < -0.4 is 0 Å². The molecule has 0 atom stereocenters. The molecule has 1 fully saturated rings. The minimum Gasteiger partial charge on any atom is -0.339 e. The van der Waals surface area contributed by atoms with Gasteiger partial charge in [0.25, 0.3) is 0 Å². The molecule has 2 nitrogen and oxygen atoms in total. The van der Waals surface area contributed by atoms with Crippen molar-refractivity contribution in [1.29, 1.82) is 0 Å². The van der Waals surface area contributed by atoms with E-state index in [4.69, 9.17) is 0 Å². The Bertz CT molecular complexity index is 389. The summed E-state index contributed by atoms with van der Waals surface area (Å²) in [6.45, 7) is 2.89. The van der Waals surface area contributed by atoms with Gasteiger partial charge < -0.3 is 4.90 Å². The van der Waals surface area contributed by atoms with Gasteiger partial charge in [0, 0.05) is 22.0 Å². The molecule has 1 aromatic carbocycles. The first-order valence-corrected chi connectivity index (χ1v) is 7.66. The molecular formula is C13H16BrNOS. The summed E-state index contributed by atoms with van der Waals surface area (Å²) < 4.78 is 1.07. The average molecular weight is 314 g/mol. The molecule has 0 aliphatic heterocycles. The van der Waals surface area contributed by atoms with Crippen molar-refractivity contribution >= 4 is 33.6 Å². The maximum absolute atomic E-state index is 12.0. The van der Waals surface area contributed by atoms with Crippen molar-refractivity contribution in [3.05, 3.63) is 28.7 Å². The fourth-order valence-corrected chi connectivity index (χ4v) is 2.83. The lowest BCUT2D eigenvalue weighted by molar-refractivity contribution is -0.128. The zero-order valence-corrected chi connectivity index (χ0v) is 12.3. The largest absolute Gasteiger partial charge is 0.339 e. The van der Waals surface area contributed by atoms with Gasteiger partial charge in [-0.1, -0.05) is 15.9 Å². The van der Waals surface area contributed by atoms with Gasteiger partial charge in [-0.15, -0.1) is 11.8 Å². The Morgan fingerprint density at radius 2 is 2.06 bits per heavy atom. The van der Waals surface area contributed by atoms with Gasteiger partial charge in [0.15, 0.2) is 0 Å². The molecule has 0 N–H and O–H groups in total. The number of halogens is 1. The molecule has 1 aliphatic rings. The van der Waals surface area contributed by atoms with Crippen molar-refractivity contribution < 1.29 is 4.79 Å². The molecule has 4 heteroatoms. The second-order valence-corrected chi connectivity index (χ2v) is 6.12. The van der Waals surface area contributed by atoms with Crippen LogP contribution in [0.5, 0.6) is 0 Å². The van der Waals surface area contributed by atoms with Crippen LogP contribution in [0.25, 0.3) is 0 Å². The van der Waals surface area contributed by atoms with Crippen LogP contribution in [0.2, 0.25) is 0 Å². The molecule has 0 spiro atoms. The molecule has 0 heterocycles. The quantitative estimate of drug-likeness (QED) is 0.775. The minimum atomic E-state index is 0.267. The zero-order chi connectivity index (χ0) is 12.3. The van der Waals surface area contributed by atoms with Crippen molar-refractivity contribution in [2.45, 2.75) is 30.7 Å². The molecule has 1 amide bonds. The lowest BCUT2D eigenvalue weighted by Gasteiger charge is -2.19. The van der Waals surface area contributed by atoms with Crippen LogP contribution in [0.3, 0.4) is 0 Å². The van der Waals surface area contributed by atoms with Gasteiger partial charge in [-0.3, -0.25) is 4.79 Å². The molecule has 1 aromatic rings. The first-order chi connectivity index (χ1) is 8.20. The Morgan fingerprint density at radius 1 is 1.41 bits per heavy atom. The van der Waals surface area contributed by atoms with E-state index < -0.39 is 0 Å². The Morgan fingerprint density at radius 3 is 2.59 bits per heavy atom. The monoisotopic (exact) mass is 313 g/mol. The van der Waals surface area contributed by atoms with E-state index in [2.05, 4.69) is 22.9 Å². The molecule has 1 aliphatic carbocycles. The van der Waals surface area contributed by atoms with Crippen molar-refractivity contribution in [3.8, 4) is 0 Å². The molecule has 0 bridgehead atoms. The number of carbonyl (C=O) groups is 1. The molecule has 1 saturated carbocycles. The second-order valence-electron chi connectivity index (χ2n) is 4.15. The molecule has 92 valence electrons. The Kier molecular flexibility index (Phi) is 4.51. The fraction of sp³-hybridized carbons (Fsp3) is 0.462. The van der Waals surface area contributed by atoms with E-state index in [-0.39, 0.29) is 5.91 Å². The fourth-order valence-electron chi connectivity index (χ4n) is 1.78. The summed E-state index contributed by atoms with van der Waals surface area (Å²) in [6.07, 6.45) is 2.37. The summed E-state index contributed by atoms with van der Waals surface area (Å²) >= 11 is 5.02. The van der Waals surface area contributed by atoms with Crippen LogP contribution in [-0.4, -0.2) is 29.1 Å². The van der Waals surface area contributed by atoms with Gasteiger partial charge in [0.1, 0.15) is 0 Å². The standard InChI is InChI=1S/C13H16BrNOS/c1-2-15(11-5-6-11)13(16)9-17-12-7-3-10(14)4-8-12/h3-4,7-8,11H,2,5-6,9H2,1H3. The third kappa shape index (κ3) is 3.75. The van der Waals surface area contributed by atoms with Crippen LogP contribution in [0.4, 0.5) is 0 Å². The van der Waals surface area contributed by atoms with Gasteiger partial charge in [0.2, 0.25) is 5.91 Å². The van der Waals surface area contributed by atoms with Crippen LogP contribution in [0, 0.1) is 0 Å². The predicted octanol–water partition coefficient (Wildman–Crippen LogP) is 3.55. The Hall–Kier alpha value is -0.480. The molecule has 2 rings (SSSR count). The molecule has 0 unspecified atom stereocenters. The smallest absolute Gasteiger partial charge is 0.233 e. The van der Waals surface area contributed by atoms with E-state index in [1.807, 2.05) is 29.2 Å². The van der Waals surface area contributed by atoms with Gasteiger partial charge in [-0.05, 0) is 44.0 Å². The number of carbonyl (C=O) groups excluding carboxylic acids is 1. The SMILES string of the molecule is CCN(C(=O)CSc1ccc(Br)cc1)C1CC1. The highest BCUT2D eigenvalue weighted by Gasteiger charge is 2.30. The summed E-state index contributed by atoms with van der Waals surface area (Å²) in [7, 11) is 0. The first-order valence-electron chi connectivity index (χ1n) is 5.88. The lowest BCUT2D eigenvalue weighted by Crippen LogP contribution is -2.34. The molecule has 0 aromatic heterocycles. The van der Waals surface area contributed by atoms with Crippen molar-refractivity contribution in [2.24, 2.45) is 0 Å². The third-order valence-electron chi connectivity index (χ3n) is 2.82. The van der Waals surface area contributed by atoms with Crippen LogP contribution >= 0.6 is 27.7 Å². The highest BCUT2D eigenvalue weighted by atomic mass is 79.9. The van der Waals surface area contributed by atoms with E-state index >= 15 is 0 Å². The first kappa shape index (κ1) is 13.0. The number of rotatable bonds is 5. The summed E-state index contributed by atoms with van der Waals surface area (Å²) in [6, 6.07) is 8.61. The van der Waals surface area contributed by atoms with E-state index in [9.17, 15) is 4.79 Å². The van der Waals surface area contributed by atoms with Crippen LogP contribution in [-0.2, 0) is 4.79 Å². The third-order valence-corrected chi connectivity index (χ3v) is 4.35. The number of benzene rings is 1. The number of amides is 1. The normalized spacial score (nSPS) is 14.7. The average Bonchev–Trinajstić information content (AvgIpc) is 3.14. The Balaban J connectivity index is 1.84. The van der Waals surface area contributed by atoms with Crippen molar-refractivity contribution in [1.82, 2.24) is 4.90 Å².